The maximum atomic E-state index is 8.90. The van der Waals surface area contributed by atoms with Crippen LogP contribution < -0.4 is 4.74 Å². The van der Waals surface area contributed by atoms with Crippen LogP contribution in [0.3, 0.4) is 0 Å². The third-order valence-corrected chi connectivity index (χ3v) is 6.00. The number of hydrogen-bond donors (Lipinski definition) is 0. The van der Waals surface area contributed by atoms with Crippen LogP contribution in [0.5, 0.6) is 5.75 Å². The number of rotatable bonds is 15. The van der Waals surface area contributed by atoms with Crippen molar-refractivity contribution in [3.63, 3.8) is 0 Å². The summed E-state index contributed by atoms with van der Waals surface area (Å²) in [6, 6.07) is 18.0. The molecule has 172 valence electrons. The van der Waals surface area contributed by atoms with Gasteiger partial charge in [0.1, 0.15) is 5.75 Å². The van der Waals surface area contributed by atoms with Gasteiger partial charge in [0.15, 0.2) is 0 Å². The summed E-state index contributed by atoms with van der Waals surface area (Å²) >= 11 is 0. The molecule has 0 unspecified atom stereocenters. The SMILES string of the molecule is CC1(COCCCCCCCCCCOc2ccc(-c3ccc(C#N)cc3)cc2)COC1. The van der Waals surface area contributed by atoms with Crippen molar-refractivity contribution in [1.82, 2.24) is 0 Å². The minimum Gasteiger partial charge on any atom is -0.494 e. The third kappa shape index (κ3) is 8.30. The summed E-state index contributed by atoms with van der Waals surface area (Å²) in [5, 5.41) is 8.90. The lowest BCUT2D eigenvalue weighted by molar-refractivity contribution is -0.137. The minimum atomic E-state index is 0.277. The van der Waals surface area contributed by atoms with E-state index in [4.69, 9.17) is 19.5 Å². The highest BCUT2D eigenvalue weighted by atomic mass is 16.5. The molecule has 2 aromatic carbocycles. The predicted molar refractivity (Wildman–Crippen MR) is 129 cm³/mol. The van der Waals surface area contributed by atoms with Gasteiger partial charge in [0, 0.05) is 12.0 Å². The van der Waals surface area contributed by atoms with Gasteiger partial charge in [0.25, 0.3) is 0 Å². The van der Waals surface area contributed by atoms with E-state index >= 15 is 0 Å². The van der Waals surface area contributed by atoms with E-state index < -0.39 is 0 Å². The van der Waals surface area contributed by atoms with E-state index in [-0.39, 0.29) is 5.41 Å². The van der Waals surface area contributed by atoms with E-state index in [9.17, 15) is 0 Å². The highest BCUT2D eigenvalue weighted by molar-refractivity contribution is 5.64. The Morgan fingerprint density at radius 2 is 1.31 bits per heavy atom. The standard InChI is InChI=1S/C28H37NO3/c1-28(22-31-23-28)21-30-18-8-6-4-2-3-5-7-9-19-32-27-16-14-26(15-17-27)25-12-10-24(20-29)11-13-25/h10-17H,2-9,18-19,21-23H2,1H3. The van der Waals surface area contributed by atoms with Crippen molar-refractivity contribution in [2.75, 3.05) is 33.0 Å². The summed E-state index contributed by atoms with van der Waals surface area (Å²) in [6.07, 6.45) is 10.0. The van der Waals surface area contributed by atoms with E-state index in [2.05, 4.69) is 25.1 Å². The number of hydrogen-bond acceptors (Lipinski definition) is 4. The Balaban J connectivity index is 1.15. The number of benzene rings is 2. The van der Waals surface area contributed by atoms with Crippen molar-refractivity contribution in [3.05, 3.63) is 54.1 Å². The van der Waals surface area contributed by atoms with Crippen molar-refractivity contribution in [2.24, 2.45) is 5.41 Å². The molecule has 0 radical (unpaired) electrons. The lowest BCUT2D eigenvalue weighted by atomic mass is 9.90. The van der Waals surface area contributed by atoms with Crippen molar-refractivity contribution < 1.29 is 14.2 Å². The van der Waals surface area contributed by atoms with Gasteiger partial charge in [-0.05, 0) is 48.2 Å². The maximum absolute atomic E-state index is 8.90. The number of ether oxygens (including phenoxy) is 3. The van der Waals surface area contributed by atoms with Crippen LogP contribution in [0.1, 0.15) is 63.9 Å². The first-order chi connectivity index (χ1) is 15.7. The molecule has 1 aliphatic heterocycles. The fraction of sp³-hybridized carbons (Fsp3) is 0.536. The Morgan fingerprint density at radius 1 is 0.781 bits per heavy atom. The number of unbranched alkanes of at least 4 members (excludes halogenated alkanes) is 7. The van der Waals surface area contributed by atoms with Gasteiger partial charge in [-0.2, -0.15) is 5.26 Å². The van der Waals surface area contributed by atoms with Crippen LogP contribution in [0.25, 0.3) is 11.1 Å². The van der Waals surface area contributed by atoms with E-state index in [1.54, 1.807) is 0 Å². The van der Waals surface area contributed by atoms with Gasteiger partial charge in [0.2, 0.25) is 0 Å². The number of nitriles is 1. The van der Waals surface area contributed by atoms with Crippen LogP contribution in [0.4, 0.5) is 0 Å². The van der Waals surface area contributed by atoms with E-state index in [1.807, 2.05) is 36.4 Å². The molecule has 1 fully saturated rings. The van der Waals surface area contributed by atoms with Crippen LogP contribution >= 0.6 is 0 Å². The minimum absolute atomic E-state index is 0.277. The Hall–Kier alpha value is -2.35. The smallest absolute Gasteiger partial charge is 0.119 e. The first-order valence-corrected chi connectivity index (χ1v) is 12.1. The Labute approximate surface area is 193 Å². The molecule has 2 aromatic rings. The second kappa shape index (κ2) is 13.3. The maximum Gasteiger partial charge on any atom is 0.119 e. The van der Waals surface area contributed by atoms with Crippen LogP contribution in [0, 0.1) is 16.7 Å². The molecule has 0 aromatic heterocycles. The fourth-order valence-corrected chi connectivity index (χ4v) is 3.89. The molecule has 32 heavy (non-hydrogen) atoms. The topological polar surface area (TPSA) is 51.5 Å². The molecular weight excluding hydrogens is 398 g/mol. The van der Waals surface area contributed by atoms with Crippen LogP contribution in [0.2, 0.25) is 0 Å². The quantitative estimate of drug-likeness (QED) is 0.289. The normalized spacial score (nSPS) is 14.5. The molecule has 3 rings (SSSR count). The second-order valence-corrected chi connectivity index (χ2v) is 9.25. The molecule has 1 heterocycles. The molecule has 0 aliphatic carbocycles. The van der Waals surface area contributed by atoms with Gasteiger partial charge in [-0.3, -0.25) is 0 Å². The van der Waals surface area contributed by atoms with Gasteiger partial charge in [0.05, 0.1) is 38.1 Å². The summed E-state index contributed by atoms with van der Waals surface area (Å²) in [5.41, 5.74) is 3.21. The van der Waals surface area contributed by atoms with Gasteiger partial charge in [-0.15, -0.1) is 0 Å². The van der Waals surface area contributed by atoms with Crippen molar-refractivity contribution in [3.8, 4) is 22.9 Å². The monoisotopic (exact) mass is 435 g/mol. The molecule has 1 aliphatic rings. The Bertz CT molecular complexity index is 819. The zero-order valence-electron chi connectivity index (χ0n) is 19.5. The molecule has 0 spiro atoms. The molecule has 0 bridgehead atoms. The molecule has 4 heteroatoms. The lowest BCUT2D eigenvalue weighted by Crippen LogP contribution is -2.43. The largest absolute Gasteiger partial charge is 0.494 e. The zero-order chi connectivity index (χ0) is 22.5. The summed E-state index contributed by atoms with van der Waals surface area (Å²) in [5.74, 6) is 0.920. The first kappa shape index (κ1) is 24.3. The molecule has 4 nitrogen and oxygen atoms in total. The molecule has 1 saturated heterocycles. The van der Waals surface area contributed by atoms with E-state index in [0.29, 0.717) is 5.56 Å². The Kier molecular flexibility index (Phi) is 10.1. The third-order valence-electron chi connectivity index (χ3n) is 6.00. The molecule has 0 amide bonds. The lowest BCUT2D eigenvalue weighted by Gasteiger charge is -2.37. The first-order valence-electron chi connectivity index (χ1n) is 12.1. The highest BCUT2D eigenvalue weighted by Crippen LogP contribution is 2.26. The highest BCUT2D eigenvalue weighted by Gasteiger charge is 2.33. The summed E-state index contributed by atoms with van der Waals surface area (Å²) in [7, 11) is 0. The van der Waals surface area contributed by atoms with Gasteiger partial charge < -0.3 is 14.2 Å². The Morgan fingerprint density at radius 3 is 1.84 bits per heavy atom. The average Bonchev–Trinajstić information content (AvgIpc) is 2.81. The van der Waals surface area contributed by atoms with Crippen LogP contribution in [-0.2, 0) is 9.47 Å². The van der Waals surface area contributed by atoms with Gasteiger partial charge in [-0.25, -0.2) is 0 Å². The zero-order valence-corrected chi connectivity index (χ0v) is 19.5. The fourth-order valence-electron chi connectivity index (χ4n) is 3.89. The summed E-state index contributed by atoms with van der Waals surface area (Å²) in [6.45, 7) is 6.44. The van der Waals surface area contributed by atoms with Crippen molar-refractivity contribution >= 4 is 0 Å². The second-order valence-electron chi connectivity index (χ2n) is 9.25. The molecular formula is C28H37NO3. The van der Waals surface area contributed by atoms with Gasteiger partial charge >= 0.3 is 0 Å². The van der Waals surface area contributed by atoms with Crippen molar-refractivity contribution in [2.45, 2.75) is 58.3 Å². The van der Waals surface area contributed by atoms with Crippen LogP contribution in [-0.4, -0.2) is 33.0 Å². The van der Waals surface area contributed by atoms with Gasteiger partial charge in [-0.1, -0.05) is 69.7 Å². The molecule has 0 saturated carbocycles. The summed E-state index contributed by atoms with van der Waals surface area (Å²) < 4.78 is 16.9. The van der Waals surface area contributed by atoms with E-state index in [0.717, 1.165) is 56.3 Å². The predicted octanol–water partition coefficient (Wildman–Crippen LogP) is 6.78. The average molecular weight is 436 g/mol. The van der Waals surface area contributed by atoms with Crippen molar-refractivity contribution in [1.29, 1.82) is 5.26 Å². The van der Waals surface area contributed by atoms with Crippen LogP contribution in [0.15, 0.2) is 48.5 Å². The molecule has 0 N–H and O–H groups in total. The summed E-state index contributed by atoms with van der Waals surface area (Å²) in [4.78, 5) is 0. The van der Waals surface area contributed by atoms with E-state index in [1.165, 1.54) is 44.9 Å². The molecule has 0 atom stereocenters. The number of nitrogens with zero attached hydrogens (tertiary/aromatic N) is 1.